The molecule has 0 heterocycles. The average molecular weight is 273 g/mol. The lowest BCUT2D eigenvalue weighted by molar-refractivity contribution is 0.114. The van der Waals surface area contributed by atoms with Gasteiger partial charge in [0.05, 0.1) is 0 Å². The minimum Gasteiger partial charge on any atom is -0.491 e. The zero-order valence-electron chi connectivity index (χ0n) is 11.2. The molecule has 1 unspecified atom stereocenters. The maximum atomic E-state index is 9.36. The van der Waals surface area contributed by atoms with Gasteiger partial charge in [0, 0.05) is 12.6 Å². The zero-order chi connectivity index (χ0) is 14.2. The van der Waals surface area contributed by atoms with E-state index in [0.29, 0.717) is 12.4 Å². The number of benzene rings is 2. The van der Waals surface area contributed by atoms with Gasteiger partial charge in [-0.1, -0.05) is 36.4 Å². The van der Waals surface area contributed by atoms with Gasteiger partial charge in [0.2, 0.25) is 0 Å². The van der Waals surface area contributed by atoms with E-state index in [9.17, 15) is 5.11 Å². The molecular formula is C16H19NO3. The van der Waals surface area contributed by atoms with Crippen LogP contribution in [0.25, 0.3) is 0 Å². The van der Waals surface area contributed by atoms with E-state index in [1.165, 1.54) is 0 Å². The molecule has 0 aromatic heterocycles. The van der Waals surface area contributed by atoms with Crippen LogP contribution in [0.3, 0.4) is 0 Å². The van der Waals surface area contributed by atoms with Crippen molar-refractivity contribution in [3.05, 3.63) is 60.2 Å². The maximum absolute atomic E-state index is 9.36. The van der Waals surface area contributed by atoms with Crippen LogP contribution in [0.2, 0.25) is 0 Å². The molecule has 4 nitrogen and oxygen atoms in total. The van der Waals surface area contributed by atoms with Crippen LogP contribution >= 0.6 is 0 Å². The number of aliphatic hydroxyl groups excluding tert-OH is 1. The van der Waals surface area contributed by atoms with Gasteiger partial charge >= 0.3 is 0 Å². The highest BCUT2D eigenvalue weighted by molar-refractivity contribution is 5.33. The van der Waals surface area contributed by atoms with Crippen molar-refractivity contribution < 1.29 is 14.6 Å². The number of rotatable bonds is 7. The van der Waals surface area contributed by atoms with E-state index < -0.39 is 6.10 Å². The van der Waals surface area contributed by atoms with Crippen molar-refractivity contribution in [2.24, 2.45) is 5.73 Å². The van der Waals surface area contributed by atoms with Crippen molar-refractivity contribution in [1.82, 2.24) is 0 Å². The second-order valence-electron chi connectivity index (χ2n) is 4.45. The van der Waals surface area contributed by atoms with Crippen LogP contribution in [-0.4, -0.2) is 24.4 Å². The first kappa shape index (κ1) is 14.4. The molecule has 0 saturated carbocycles. The van der Waals surface area contributed by atoms with Gasteiger partial charge in [0.15, 0.2) is 0 Å². The summed E-state index contributed by atoms with van der Waals surface area (Å²) in [4.78, 5) is 0. The number of hydrogen-bond donors (Lipinski definition) is 2. The maximum Gasteiger partial charge on any atom is 0.123 e. The molecule has 0 spiro atoms. The fourth-order valence-electron chi connectivity index (χ4n) is 1.66. The lowest BCUT2D eigenvalue weighted by atomic mass is 10.2. The summed E-state index contributed by atoms with van der Waals surface area (Å²) in [5.74, 6) is 1.39. The van der Waals surface area contributed by atoms with Crippen LogP contribution in [0.5, 0.6) is 11.5 Å². The highest BCUT2D eigenvalue weighted by Crippen LogP contribution is 2.20. The summed E-state index contributed by atoms with van der Waals surface area (Å²) in [6.07, 6.45) is -0.649. The third kappa shape index (κ3) is 4.57. The van der Waals surface area contributed by atoms with Crippen molar-refractivity contribution in [3.8, 4) is 11.5 Å². The molecule has 0 bridgehead atoms. The molecular weight excluding hydrogens is 254 g/mol. The molecule has 0 aliphatic heterocycles. The predicted molar refractivity (Wildman–Crippen MR) is 77.8 cm³/mol. The zero-order valence-corrected chi connectivity index (χ0v) is 11.2. The van der Waals surface area contributed by atoms with Gasteiger partial charge < -0.3 is 20.3 Å². The average Bonchev–Trinajstić information content (AvgIpc) is 2.52. The largest absolute Gasteiger partial charge is 0.491 e. The first-order chi connectivity index (χ1) is 9.78. The van der Waals surface area contributed by atoms with Crippen LogP contribution in [0.15, 0.2) is 54.6 Å². The van der Waals surface area contributed by atoms with Gasteiger partial charge in [-0.05, 0) is 17.7 Å². The Morgan fingerprint density at radius 3 is 2.35 bits per heavy atom. The highest BCUT2D eigenvalue weighted by atomic mass is 16.5. The van der Waals surface area contributed by atoms with Gasteiger partial charge in [0.25, 0.3) is 0 Å². The summed E-state index contributed by atoms with van der Waals surface area (Å²) in [6, 6.07) is 17.3. The normalized spacial score (nSPS) is 11.9. The van der Waals surface area contributed by atoms with Gasteiger partial charge in [-0.3, -0.25) is 0 Å². The first-order valence-electron chi connectivity index (χ1n) is 6.55. The van der Waals surface area contributed by atoms with E-state index in [2.05, 4.69) is 0 Å². The van der Waals surface area contributed by atoms with E-state index >= 15 is 0 Å². The SMILES string of the molecule is NCC(O)COc1cccc(OCc2ccccc2)c1. The number of ether oxygens (including phenoxy) is 2. The van der Waals surface area contributed by atoms with Gasteiger partial charge in [-0.2, -0.15) is 0 Å². The summed E-state index contributed by atoms with van der Waals surface area (Å²) in [7, 11) is 0. The molecule has 2 aromatic rings. The summed E-state index contributed by atoms with van der Waals surface area (Å²) < 4.78 is 11.1. The van der Waals surface area contributed by atoms with Gasteiger partial charge in [-0.25, -0.2) is 0 Å². The molecule has 0 amide bonds. The third-order valence-corrected chi connectivity index (χ3v) is 2.77. The van der Waals surface area contributed by atoms with Crippen LogP contribution in [0.4, 0.5) is 0 Å². The van der Waals surface area contributed by atoms with E-state index in [1.54, 1.807) is 6.07 Å². The van der Waals surface area contributed by atoms with E-state index in [4.69, 9.17) is 15.2 Å². The topological polar surface area (TPSA) is 64.7 Å². The Kier molecular flexibility index (Phi) is 5.41. The van der Waals surface area contributed by atoms with Gasteiger partial charge in [-0.15, -0.1) is 0 Å². The first-order valence-corrected chi connectivity index (χ1v) is 6.55. The lowest BCUT2D eigenvalue weighted by Crippen LogP contribution is -2.26. The summed E-state index contributed by atoms with van der Waals surface area (Å²) in [5, 5.41) is 9.36. The van der Waals surface area contributed by atoms with Crippen LogP contribution in [0.1, 0.15) is 5.56 Å². The Morgan fingerprint density at radius 1 is 0.950 bits per heavy atom. The van der Waals surface area contributed by atoms with Crippen molar-refractivity contribution in [2.45, 2.75) is 12.7 Å². The Hall–Kier alpha value is -2.04. The molecule has 0 aliphatic rings. The third-order valence-electron chi connectivity index (χ3n) is 2.77. The molecule has 1 atom stereocenters. The quantitative estimate of drug-likeness (QED) is 0.809. The van der Waals surface area contributed by atoms with Crippen molar-refractivity contribution in [2.75, 3.05) is 13.2 Å². The second kappa shape index (κ2) is 7.53. The monoisotopic (exact) mass is 273 g/mol. The second-order valence-corrected chi connectivity index (χ2v) is 4.45. The van der Waals surface area contributed by atoms with Crippen molar-refractivity contribution in [1.29, 1.82) is 0 Å². The molecule has 0 fully saturated rings. The molecule has 3 N–H and O–H groups in total. The minimum atomic E-state index is -0.649. The van der Waals surface area contributed by atoms with E-state index in [-0.39, 0.29) is 13.2 Å². The van der Waals surface area contributed by atoms with Crippen molar-refractivity contribution in [3.63, 3.8) is 0 Å². The Labute approximate surface area is 118 Å². The van der Waals surface area contributed by atoms with Gasteiger partial charge in [0.1, 0.15) is 30.8 Å². The molecule has 0 radical (unpaired) electrons. The Balaban J connectivity index is 1.89. The number of aliphatic hydroxyl groups is 1. The van der Waals surface area contributed by atoms with Crippen molar-refractivity contribution >= 4 is 0 Å². The lowest BCUT2D eigenvalue weighted by Gasteiger charge is -2.12. The van der Waals surface area contributed by atoms with Crippen LogP contribution in [0, 0.1) is 0 Å². The van der Waals surface area contributed by atoms with E-state index in [0.717, 1.165) is 11.3 Å². The summed E-state index contributed by atoms with van der Waals surface area (Å²) in [5.41, 5.74) is 6.43. The smallest absolute Gasteiger partial charge is 0.123 e. The summed E-state index contributed by atoms with van der Waals surface area (Å²) in [6.45, 7) is 0.874. The molecule has 20 heavy (non-hydrogen) atoms. The number of hydrogen-bond acceptors (Lipinski definition) is 4. The van der Waals surface area contributed by atoms with E-state index in [1.807, 2.05) is 48.5 Å². The number of nitrogens with two attached hydrogens (primary N) is 1. The fourth-order valence-corrected chi connectivity index (χ4v) is 1.66. The van der Waals surface area contributed by atoms with Crippen LogP contribution in [-0.2, 0) is 6.61 Å². The summed E-state index contributed by atoms with van der Waals surface area (Å²) >= 11 is 0. The predicted octanol–water partition coefficient (Wildman–Crippen LogP) is 1.96. The standard InChI is InChI=1S/C16H19NO3/c17-10-14(18)12-20-16-8-4-7-15(9-16)19-11-13-5-2-1-3-6-13/h1-9,14,18H,10-12,17H2. The van der Waals surface area contributed by atoms with Crippen LogP contribution < -0.4 is 15.2 Å². The Bertz CT molecular complexity index is 516. The molecule has 0 saturated heterocycles. The fraction of sp³-hybridized carbons (Fsp3) is 0.250. The molecule has 4 heteroatoms. The molecule has 2 aromatic carbocycles. The highest BCUT2D eigenvalue weighted by Gasteiger charge is 2.03. The molecule has 106 valence electrons. The molecule has 2 rings (SSSR count). The Morgan fingerprint density at radius 2 is 1.65 bits per heavy atom. The minimum absolute atomic E-state index is 0.179. The molecule has 0 aliphatic carbocycles.